The molecule has 0 bridgehead atoms. The minimum Gasteiger partial charge on any atom is -0.367 e. The normalized spacial score (nSPS) is 24.5. The van der Waals surface area contributed by atoms with Crippen LogP contribution < -0.4 is 15.5 Å². The zero-order valence-corrected chi connectivity index (χ0v) is 19.4. The molecule has 1 aromatic heterocycles. The Kier molecular flexibility index (Phi) is 7.09. The first-order valence-electron chi connectivity index (χ1n) is 9.61. The lowest BCUT2D eigenvalue weighted by Crippen LogP contribution is -2.51. The average molecular weight is 515 g/mol. The summed E-state index contributed by atoms with van der Waals surface area (Å²) in [6.07, 6.45) is 7.45. The van der Waals surface area contributed by atoms with Gasteiger partial charge in [0.05, 0.1) is 11.9 Å². The van der Waals surface area contributed by atoms with E-state index in [9.17, 15) is 0 Å². The standard InChI is InChI=1S/C20H27ClN6.HI/c1-22-20(25-19-10-18(19)14-5-3-6-15(21)9-14)24-16-7-4-8-27(12-16)17-11-23-26(2)13-17;/h3,5-6,9,11,13,16,18-19H,4,7-8,10,12H2,1-2H3,(H2,22,24,25);1H. The van der Waals surface area contributed by atoms with E-state index in [1.807, 2.05) is 37.1 Å². The summed E-state index contributed by atoms with van der Waals surface area (Å²) in [5.74, 6) is 1.41. The molecule has 2 fully saturated rings. The monoisotopic (exact) mass is 514 g/mol. The summed E-state index contributed by atoms with van der Waals surface area (Å²) in [5.41, 5.74) is 2.49. The van der Waals surface area contributed by atoms with E-state index < -0.39 is 0 Å². The lowest BCUT2D eigenvalue weighted by molar-refractivity contribution is 0.467. The summed E-state index contributed by atoms with van der Waals surface area (Å²) in [6, 6.07) is 8.97. The smallest absolute Gasteiger partial charge is 0.191 e. The van der Waals surface area contributed by atoms with Crippen molar-refractivity contribution < 1.29 is 0 Å². The maximum Gasteiger partial charge on any atom is 0.191 e. The predicted molar refractivity (Wildman–Crippen MR) is 126 cm³/mol. The van der Waals surface area contributed by atoms with Crippen molar-refractivity contribution in [3.05, 3.63) is 47.2 Å². The van der Waals surface area contributed by atoms with Gasteiger partial charge in [-0.05, 0) is 37.0 Å². The number of hydrogen-bond acceptors (Lipinski definition) is 3. The van der Waals surface area contributed by atoms with E-state index in [-0.39, 0.29) is 24.0 Å². The van der Waals surface area contributed by atoms with Crippen LogP contribution in [0.5, 0.6) is 0 Å². The molecule has 6 nitrogen and oxygen atoms in total. The molecule has 2 heterocycles. The second kappa shape index (κ2) is 9.35. The largest absolute Gasteiger partial charge is 0.367 e. The van der Waals surface area contributed by atoms with Gasteiger partial charge in [-0.3, -0.25) is 9.67 Å². The summed E-state index contributed by atoms with van der Waals surface area (Å²) in [5, 5.41) is 12.3. The average Bonchev–Trinajstić information content (AvgIpc) is 3.30. The summed E-state index contributed by atoms with van der Waals surface area (Å²) < 4.78 is 1.86. The molecule has 1 saturated carbocycles. The van der Waals surface area contributed by atoms with Crippen LogP contribution in [-0.2, 0) is 7.05 Å². The molecule has 2 aliphatic rings. The van der Waals surface area contributed by atoms with E-state index in [0.717, 1.165) is 43.3 Å². The zero-order chi connectivity index (χ0) is 18.8. The number of aliphatic imine (C=N–C) groups is 1. The minimum atomic E-state index is 0. The maximum absolute atomic E-state index is 6.12. The number of guanidine groups is 1. The predicted octanol–water partition coefficient (Wildman–Crippen LogP) is 3.38. The highest BCUT2D eigenvalue weighted by molar-refractivity contribution is 14.0. The van der Waals surface area contributed by atoms with Gasteiger partial charge in [0.25, 0.3) is 0 Å². The number of piperidine rings is 1. The molecule has 2 N–H and O–H groups in total. The van der Waals surface area contributed by atoms with Gasteiger partial charge in [0, 0.05) is 56.4 Å². The molecule has 0 spiro atoms. The summed E-state index contributed by atoms with van der Waals surface area (Å²) in [7, 11) is 3.80. The van der Waals surface area contributed by atoms with Crippen molar-refractivity contribution in [2.24, 2.45) is 12.0 Å². The molecule has 28 heavy (non-hydrogen) atoms. The van der Waals surface area contributed by atoms with Crippen LogP contribution in [0, 0.1) is 0 Å². The number of benzene rings is 1. The molecule has 2 aromatic rings. The maximum atomic E-state index is 6.12. The highest BCUT2D eigenvalue weighted by atomic mass is 127. The van der Waals surface area contributed by atoms with Crippen molar-refractivity contribution in [2.75, 3.05) is 25.0 Å². The van der Waals surface area contributed by atoms with Crippen molar-refractivity contribution in [3.8, 4) is 0 Å². The van der Waals surface area contributed by atoms with Crippen LogP contribution in [-0.4, -0.2) is 48.0 Å². The van der Waals surface area contributed by atoms with Gasteiger partial charge >= 0.3 is 0 Å². The Bertz CT molecular complexity index is 823. The van der Waals surface area contributed by atoms with E-state index in [0.29, 0.717) is 18.0 Å². The highest BCUT2D eigenvalue weighted by Gasteiger charge is 2.39. The van der Waals surface area contributed by atoms with Gasteiger partial charge in [0.15, 0.2) is 5.96 Å². The number of rotatable bonds is 4. The van der Waals surface area contributed by atoms with Crippen LogP contribution in [0.1, 0.15) is 30.7 Å². The van der Waals surface area contributed by atoms with Gasteiger partial charge in [-0.25, -0.2) is 0 Å². The van der Waals surface area contributed by atoms with E-state index in [1.54, 1.807) is 0 Å². The van der Waals surface area contributed by atoms with Crippen LogP contribution in [0.4, 0.5) is 5.69 Å². The number of hydrogen-bond donors (Lipinski definition) is 2. The summed E-state index contributed by atoms with van der Waals surface area (Å²) in [4.78, 5) is 6.84. The molecular formula is C20H28ClIN6. The lowest BCUT2D eigenvalue weighted by Gasteiger charge is -2.34. The van der Waals surface area contributed by atoms with Crippen molar-refractivity contribution in [1.82, 2.24) is 20.4 Å². The first-order chi connectivity index (χ1) is 13.1. The van der Waals surface area contributed by atoms with Crippen molar-refractivity contribution in [1.29, 1.82) is 0 Å². The van der Waals surface area contributed by atoms with Crippen LogP contribution in [0.2, 0.25) is 5.02 Å². The van der Waals surface area contributed by atoms with Gasteiger partial charge < -0.3 is 15.5 Å². The summed E-state index contributed by atoms with van der Waals surface area (Å²) >= 11 is 6.12. The van der Waals surface area contributed by atoms with Gasteiger partial charge in [0.2, 0.25) is 0 Å². The molecule has 0 amide bonds. The Labute approximate surface area is 188 Å². The Morgan fingerprint density at radius 1 is 1.32 bits per heavy atom. The minimum absolute atomic E-state index is 0. The molecule has 1 aliphatic heterocycles. The topological polar surface area (TPSA) is 57.5 Å². The molecule has 1 saturated heterocycles. The fraction of sp³-hybridized carbons (Fsp3) is 0.500. The third-order valence-corrected chi connectivity index (χ3v) is 5.67. The zero-order valence-electron chi connectivity index (χ0n) is 16.3. The molecule has 1 aromatic carbocycles. The van der Waals surface area contributed by atoms with Crippen molar-refractivity contribution in [3.63, 3.8) is 0 Å². The van der Waals surface area contributed by atoms with E-state index in [1.165, 1.54) is 11.3 Å². The van der Waals surface area contributed by atoms with Crippen LogP contribution >= 0.6 is 35.6 Å². The molecular weight excluding hydrogens is 487 g/mol. The van der Waals surface area contributed by atoms with Gasteiger partial charge in [0.1, 0.15) is 0 Å². The number of nitrogens with zero attached hydrogens (tertiary/aromatic N) is 4. The van der Waals surface area contributed by atoms with Gasteiger partial charge in [-0.15, -0.1) is 24.0 Å². The Morgan fingerprint density at radius 2 is 2.18 bits per heavy atom. The molecule has 3 unspecified atom stereocenters. The first-order valence-corrected chi connectivity index (χ1v) is 9.99. The first kappa shape index (κ1) is 21.2. The second-order valence-electron chi connectivity index (χ2n) is 7.52. The number of halogens is 2. The van der Waals surface area contributed by atoms with E-state index in [2.05, 4.69) is 44.0 Å². The fourth-order valence-corrected chi connectivity index (χ4v) is 4.10. The Morgan fingerprint density at radius 3 is 2.89 bits per heavy atom. The SMILES string of the molecule is CN=C(NC1CCCN(c2cnn(C)c2)C1)NC1CC1c1cccc(Cl)c1.I. The highest BCUT2D eigenvalue weighted by Crippen LogP contribution is 2.41. The molecule has 1 aliphatic carbocycles. The summed E-state index contributed by atoms with van der Waals surface area (Å²) in [6.45, 7) is 2.05. The quantitative estimate of drug-likeness (QED) is 0.373. The molecule has 3 atom stereocenters. The molecule has 8 heteroatoms. The van der Waals surface area contributed by atoms with E-state index in [4.69, 9.17) is 11.6 Å². The van der Waals surface area contributed by atoms with Crippen LogP contribution in [0.15, 0.2) is 41.7 Å². The fourth-order valence-electron chi connectivity index (χ4n) is 3.90. The van der Waals surface area contributed by atoms with E-state index >= 15 is 0 Å². The van der Waals surface area contributed by atoms with Crippen molar-refractivity contribution in [2.45, 2.75) is 37.3 Å². The molecule has 0 radical (unpaired) electrons. The molecule has 152 valence electrons. The van der Waals surface area contributed by atoms with Crippen molar-refractivity contribution >= 4 is 47.2 Å². The lowest BCUT2D eigenvalue weighted by atomic mass is 10.1. The number of aryl methyl sites for hydroxylation is 1. The number of anilines is 1. The number of nitrogens with one attached hydrogen (secondary N) is 2. The second-order valence-corrected chi connectivity index (χ2v) is 7.96. The molecule has 4 rings (SSSR count). The number of aromatic nitrogens is 2. The van der Waals surface area contributed by atoms with Gasteiger partial charge in [-0.2, -0.15) is 5.10 Å². The third kappa shape index (κ3) is 5.11. The van der Waals surface area contributed by atoms with Gasteiger partial charge in [-0.1, -0.05) is 23.7 Å². The van der Waals surface area contributed by atoms with Crippen LogP contribution in [0.25, 0.3) is 0 Å². The Balaban J connectivity index is 0.00000225. The van der Waals surface area contributed by atoms with Crippen LogP contribution in [0.3, 0.4) is 0 Å². The third-order valence-electron chi connectivity index (χ3n) is 5.43. The Hall–Kier alpha value is -1.48.